The van der Waals surface area contributed by atoms with Crippen LogP contribution in [0.3, 0.4) is 0 Å². The molecule has 3 nitrogen and oxygen atoms in total. The number of ether oxygens (including phenoxy) is 1. The summed E-state index contributed by atoms with van der Waals surface area (Å²) in [5, 5.41) is 1.29. The molecule has 1 saturated heterocycles. The van der Waals surface area contributed by atoms with Crippen LogP contribution in [0.5, 0.6) is 0 Å². The summed E-state index contributed by atoms with van der Waals surface area (Å²) in [6.45, 7) is 1.99. The molecular formula is C20H18BrCl2NO2. The lowest BCUT2D eigenvalue weighted by Crippen LogP contribution is -2.35. The van der Waals surface area contributed by atoms with Crippen molar-refractivity contribution in [3.8, 4) is 0 Å². The van der Waals surface area contributed by atoms with Crippen molar-refractivity contribution < 1.29 is 9.53 Å². The van der Waals surface area contributed by atoms with Crippen LogP contribution >= 0.6 is 39.1 Å². The van der Waals surface area contributed by atoms with E-state index in [1.165, 1.54) is 0 Å². The Bertz CT molecular complexity index is 842. The van der Waals surface area contributed by atoms with E-state index in [-0.39, 0.29) is 35.7 Å². The minimum Gasteiger partial charge on any atom is -0.462 e. The van der Waals surface area contributed by atoms with Crippen molar-refractivity contribution in [2.45, 2.75) is 37.7 Å². The average molecular weight is 455 g/mol. The molecule has 6 heteroatoms. The monoisotopic (exact) mass is 453 g/mol. The van der Waals surface area contributed by atoms with Crippen molar-refractivity contribution in [2.24, 2.45) is 11.8 Å². The highest BCUT2D eigenvalue weighted by Crippen LogP contribution is 2.54. The number of carbonyl (C=O) groups excluding carboxylic acids is 1. The van der Waals surface area contributed by atoms with Gasteiger partial charge in [0.05, 0.1) is 5.92 Å². The Balaban J connectivity index is 1.81. The van der Waals surface area contributed by atoms with Crippen molar-refractivity contribution in [1.82, 2.24) is 4.98 Å². The third-order valence-corrected chi connectivity index (χ3v) is 6.73. The van der Waals surface area contributed by atoms with Crippen molar-refractivity contribution in [3.05, 3.63) is 62.3 Å². The van der Waals surface area contributed by atoms with Crippen LogP contribution in [0.25, 0.3) is 0 Å². The summed E-state index contributed by atoms with van der Waals surface area (Å²) in [4.78, 5) is 17.0. The zero-order valence-corrected chi connectivity index (χ0v) is 17.3. The molecule has 1 aromatic carbocycles. The number of esters is 1. The topological polar surface area (TPSA) is 39.2 Å². The van der Waals surface area contributed by atoms with E-state index in [4.69, 9.17) is 27.9 Å². The molecule has 2 aromatic rings. The highest BCUT2D eigenvalue weighted by atomic mass is 79.9. The summed E-state index contributed by atoms with van der Waals surface area (Å²) in [5.74, 6) is 0.198. The lowest BCUT2D eigenvalue weighted by Gasteiger charge is -2.39. The first kappa shape index (κ1) is 18.3. The molecule has 0 amide bonds. The fraction of sp³-hybridized carbons (Fsp3) is 0.400. The van der Waals surface area contributed by atoms with Crippen LogP contribution in [0.2, 0.25) is 10.0 Å². The Morgan fingerprint density at radius 2 is 1.92 bits per heavy atom. The van der Waals surface area contributed by atoms with Crippen LogP contribution in [0.1, 0.15) is 42.9 Å². The number of hydrogen-bond donors (Lipinski definition) is 0. The molecule has 136 valence electrons. The van der Waals surface area contributed by atoms with Crippen LogP contribution in [-0.4, -0.2) is 17.1 Å². The van der Waals surface area contributed by atoms with Crippen LogP contribution in [0.4, 0.5) is 0 Å². The molecule has 5 atom stereocenters. The summed E-state index contributed by atoms with van der Waals surface area (Å²) >= 11 is 16.1. The number of hydrogen-bond acceptors (Lipinski definition) is 3. The molecule has 2 aliphatic rings. The first-order chi connectivity index (χ1) is 12.5. The van der Waals surface area contributed by atoms with E-state index in [9.17, 15) is 4.79 Å². The fourth-order valence-electron chi connectivity index (χ4n) is 4.63. The molecule has 1 aromatic heterocycles. The number of rotatable bonds is 2. The largest absolute Gasteiger partial charge is 0.462 e. The van der Waals surface area contributed by atoms with Gasteiger partial charge in [-0.3, -0.25) is 9.78 Å². The molecular weight excluding hydrogens is 437 g/mol. The second kappa shape index (κ2) is 7.14. The SMILES string of the molecule is CC1OC(=O)C2CCC(c3ccc(Cl)cc3Cl)C(c3ccc(Br)cn3)C12. The zero-order chi connectivity index (χ0) is 18.4. The molecule has 0 N–H and O–H groups in total. The maximum absolute atomic E-state index is 12.3. The molecule has 2 fully saturated rings. The lowest BCUT2D eigenvalue weighted by molar-refractivity contribution is -0.143. The predicted molar refractivity (Wildman–Crippen MR) is 106 cm³/mol. The van der Waals surface area contributed by atoms with Crippen LogP contribution in [0, 0.1) is 11.8 Å². The maximum Gasteiger partial charge on any atom is 0.309 e. The van der Waals surface area contributed by atoms with E-state index in [2.05, 4.69) is 20.9 Å². The van der Waals surface area contributed by atoms with Gasteiger partial charge in [0.15, 0.2) is 0 Å². The van der Waals surface area contributed by atoms with Crippen molar-refractivity contribution in [2.75, 3.05) is 0 Å². The van der Waals surface area contributed by atoms with E-state index >= 15 is 0 Å². The average Bonchev–Trinajstić information content (AvgIpc) is 2.90. The normalized spacial score (nSPS) is 30.8. The van der Waals surface area contributed by atoms with Crippen LogP contribution < -0.4 is 0 Å². The Morgan fingerprint density at radius 1 is 1.15 bits per heavy atom. The third kappa shape index (κ3) is 3.17. The molecule has 0 radical (unpaired) electrons. The molecule has 0 bridgehead atoms. The number of benzene rings is 1. The number of nitrogens with zero attached hydrogens (tertiary/aromatic N) is 1. The summed E-state index contributed by atoms with van der Waals surface area (Å²) in [6.07, 6.45) is 3.36. The van der Waals surface area contributed by atoms with Gasteiger partial charge in [-0.1, -0.05) is 29.3 Å². The molecule has 2 heterocycles. The second-order valence-electron chi connectivity index (χ2n) is 7.10. The fourth-order valence-corrected chi connectivity index (χ4v) is 5.42. The molecule has 4 rings (SSSR count). The zero-order valence-electron chi connectivity index (χ0n) is 14.2. The second-order valence-corrected chi connectivity index (χ2v) is 8.86. The number of pyridine rings is 1. The van der Waals surface area contributed by atoms with Gasteiger partial charge >= 0.3 is 5.97 Å². The summed E-state index contributed by atoms with van der Waals surface area (Å²) in [5.41, 5.74) is 2.04. The Kier molecular flexibility index (Phi) is 5.02. The molecule has 5 unspecified atom stereocenters. The molecule has 26 heavy (non-hydrogen) atoms. The maximum atomic E-state index is 12.3. The number of cyclic esters (lactones) is 1. The van der Waals surface area contributed by atoms with Gasteiger partial charge in [0, 0.05) is 38.2 Å². The highest BCUT2D eigenvalue weighted by molar-refractivity contribution is 9.10. The number of halogens is 3. The molecule has 1 aliphatic carbocycles. The van der Waals surface area contributed by atoms with E-state index in [0.717, 1.165) is 28.6 Å². The molecule has 1 aliphatic heterocycles. The molecule has 1 saturated carbocycles. The van der Waals surface area contributed by atoms with Crippen molar-refractivity contribution in [3.63, 3.8) is 0 Å². The Hall–Kier alpha value is -1.10. The van der Waals surface area contributed by atoms with Gasteiger partial charge in [0.25, 0.3) is 0 Å². The van der Waals surface area contributed by atoms with Gasteiger partial charge < -0.3 is 4.74 Å². The van der Waals surface area contributed by atoms with E-state index in [1.807, 2.05) is 37.4 Å². The standard InChI is InChI=1S/C20H18BrCl2NO2/c1-10-18-15(20(25)26-10)6-5-14(13-4-3-12(22)8-16(13)23)19(18)17-7-2-11(21)9-24-17/h2-4,7-10,14-15,18-19H,5-6H2,1H3. The van der Waals surface area contributed by atoms with Crippen molar-refractivity contribution in [1.29, 1.82) is 0 Å². The van der Waals surface area contributed by atoms with Crippen LogP contribution in [-0.2, 0) is 9.53 Å². The minimum atomic E-state index is -0.128. The van der Waals surface area contributed by atoms with E-state index in [1.54, 1.807) is 6.07 Å². The van der Waals surface area contributed by atoms with Crippen LogP contribution in [0.15, 0.2) is 41.0 Å². The molecule has 0 spiro atoms. The minimum absolute atomic E-state index is 0.0669. The summed E-state index contributed by atoms with van der Waals surface area (Å²) < 4.78 is 6.52. The summed E-state index contributed by atoms with van der Waals surface area (Å²) in [7, 11) is 0. The first-order valence-electron chi connectivity index (χ1n) is 8.72. The van der Waals surface area contributed by atoms with E-state index < -0.39 is 0 Å². The predicted octanol–water partition coefficient (Wildman–Crippen LogP) is 5.99. The lowest BCUT2D eigenvalue weighted by atomic mass is 9.63. The Morgan fingerprint density at radius 3 is 2.62 bits per heavy atom. The number of carbonyl (C=O) groups is 1. The van der Waals surface area contributed by atoms with Gasteiger partial charge in [-0.15, -0.1) is 0 Å². The van der Waals surface area contributed by atoms with E-state index in [0.29, 0.717) is 10.0 Å². The smallest absolute Gasteiger partial charge is 0.309 e. The Labute approximate surface area is 171 Å². The van der Waals surface area contributed by atoms with Gasteiger partial charge in [-0.2, -0.15) is 0 Å². The van der Waals surface area contributed by atoms with Crippen molar-refractivity contribution >= 4 is 45.1 Å². The third-order valence-electron chi connectivity index (χ3n) is 5.70. The summed E-state index contributed by atoms with van der Waals surface area (Å²) in [6, 6.07) is 9.69. The number of fused-ring (bicyclic) bond motifs is 1. The van der Waals surface area contributed by atoms with Gasteiger partial charge in [-0.05, 0) is 71.4 Å². The van der Waals surface area contributed by atoms with Gasteiger partial charge in [0.2, 0.25) is 0 Å². The number of aromatic nitrogens is 1. The quantitative estimate of drug-likeness (QED) is 0.523. The highest BCUT2D eigenvalue weighted by Gasteiger charge is 2.52. The van der Waals surface area contributed by atoms with Gasteiger partial charge in [0.1, 0.15) is 6.10 Å². The van der Waals surface area contributed by atoms with Gasteiger partial charge in [-0.25, -0.2) is 0 Å². The first-order valence-corrected chi connectivity index (χ1v) is 10.3.